The van der Waals surface area contributed by atoms with E-state index < -0.39 is 5.82 Å². The van der Waals surface area contributed by atoms with Gasteiger partial charge in [-0.05, 0) is 36.1 Å². The lowest BCUT2D eigenvalue weighted by molar-refractivity contribution is -0.116. The molecule has 6 rings (SSSR count). The van der Waals surface area contributed by atoms with Gasteiger partial charge >= 0.3 is 0 Å². The zero-order chi connectivity index (χ0) is 25.4. The van der Waals surface area contributed by atoms with E-state index >= 15 is 4.39 Å². The maximum Gasteiger partial charge on any atom is 0.224 e. The minimum absolute atomic E-state index is 0.0879. The van der Waals surface area contributed by atoms with Gasteiger partial charge in [-0.1, -0.05) is 13.3 Å². The Morgan fingerprint density at radius 2 is 2.03 bits per heavy atom. The van der Waals surface area contributed by atoms with Crippen LogP contribution in [0.1, 0.15) is 26.2 Å². The number of fused-ring (bicyclic) bond motifs is 2. The Labute approximate surface area is 215 Å². The molecule has 0 atom stereocenters. The number of unbranched alkanes of at least 4 members (excludes halogenated alkanes) is 1. The van der Waals surface area contributed by atoms with Gasteiger partial charge in [-0.15, -0.1) is 0 Å². The molecule has 0 fully saturated rings. The van der Waals surface area contributed by atoms with E-state index in [4.69, 9.17) is 4.98 Å². The Morgan fingerprint density at radius 1 is 1.11 bits per heavy atom. The SMILES string of the molecule is CCCCC(=O)Nc1cncc(-c2cc3c(-c4nc5c(-c6ccsc6)nccc5[nH]4)n[nH]c3cc2F)c1. The molecule has 0 radical (unpaired) electrons. The number of aromatic amines is 2. The molecule has 0 aliphatic carbocycles. The number of nitrogens with one attached hydrogen (secondary N) is 3. The number of halogens is 1. The van der Waals surface area contributed by atoms with Crippen LogP contribution in [-0.2, 0) is 4.79 Å². The van der Waals surface area contributed by atoms with Crippen LogP contribution < -0.4 is 5.32 Å². The Balaban J connectivity index is 1.40. The van der Waals surface area contributed by atoms with E-state index in [1.807, 2.05) is 29.8 Å². The lowest BCUT2D eigenvalue weighted by atomic mass is 10.0. The molecule has 10 heteroatoms. The molecule has 0 saturated carbocycles. The normalized spacial score (nSPS) is 11.4. The molecule has 6 aromatic rings. The highest BCUT2D eigenvalue weighted by molar-refractivity contribution is 7.08. The number of hydrogen-bond donors (Lipinski definition) is 3. The third kappa shape index (κ3) is 4.36. The first-order valence-electron chi connectivity index (χ1n) is 11.9. The summed E-state index contributed by atoms with van der Waals surface area (Å²) in [6.45, 7) is 2.03. The van der Waals surface area contributed by atoms with Gasteiger partial charge in [0.15, 0.2) is 5.82 Å². The highest BCUT2D eigenvalue weighted by Crippen LogP contribution is 2.34. The highest BCUT2D eigenvalue weighted by atomic mass is 32.1. The number of benzene rings is 1. The number of anilines is 1. The Morgan fingerprint density at radius 3 is 2.86 bits per heavy atom. The van der Waals surface area contributed by atoms with Crippen molar-refractivity contribution < 1.29 is 9.18 Å². The van der Waals surface area contributed by atoms with Crippen LogP contribution in [0.2, 0.25) is 0 Å². The maximum atomic E-state index is 15.2. The quantitative estimate of drug-likeness (QED) is 0.225. The van der Waals surface area contributed by atoms with Crippen molar-refractivity contribution >= 4 is 44.9 Å². The number of rotatable bonds is 7. The summed E-state index contributed by atoms with van der Waals surface area (Å²) in [6.07, 6.45) is 7.04. The number of hydrogen-bond acceptors (Lipinski definition) is 6. The molecule has 184 valence electrons. The summed E-state index contributed by atoms with van der Waals surface area (Å²) in [7, 11) is 0. The van der Waals surface area contributed by atoms with Crippen molar-refractivity contribution in [3.8, 4) is 33.9 Å². The average Bonchev–Trinajstić information content (AvgIpc) is 3.66. The predicted molar refractivity (Wildman–Crippen MR) is 144 cm³/mol. The maximum absolute atomic E-state index is 15.2. The van der Waals surface area contributed by atoms with Gasteiger partial charge in [0.05, 0.1) is 28.6 Å². The number of H-pyrrole nitrogens is 2. The fourth-order valence-corrected chi connectivity index (χ4v) is 4.95. The highest BCUT2D eigenvalue weighted by Gasteiger charge is 2.18. The molecule has 1 amide bonds. The van der Waals surface area contributed by atoms with Crippen molar-refractivity contribution in [2.24, 2.45) is 0 Å². The Hall–Kier alpha value is -4.44. The van der Waals surface area contributed by atoms with E-state index in [0.717, 1.165) is 35.1 Å². The molecule has 5 heterocycles. The number of pyridine rings is 2. The molecule has 8 nitrogen and oxygen atoms in total. The standard InChI is InChI=1S/C27H22FN7OS/c1-2-3-4-23(36)31-17-9-16(12-29-13-17)18-10-19-22(11-20(18)28)34-35-25(19)27-32-21-5-7-30-24(26(21)33-27)15-6-8-37-14-15/h5-14H,2-4H2,1H3,(H,31,36)(H,32,33)(H,34,35). The minimum atomic E-state index is -0.424. The van der Waals surface area contributed by atoms with Gasteiger partial charge in [0, 0.05) is 52.3 Å². The van der Waals surface area contributed by atoms with Crippen LogP contribution in [-0.4, -0.2) is 36.0 Å². The average molecular weight is 512 g/mol. The molecule has 0 aliphatic heterocycles. The molecular weight excluding hydrogens is 489 g/mol. The molecule has 0 unspecified atom stereocenters. The molecule has 0 spiro atoms. The molecule has 0 bridgehead atoms. The number of carbonyl (C=O) groups is 1. The van der Waals surface area contributed by atoms with Crippen molar-refractivity contribution in [2.45, 2.75) is 26.2 Å². The van der Waals surface area contributed by atoms with Gasteiger partial charge in [0.25, 0.3) is 0 Å². The van der Waals surface area contributed by atoms with Crippen LogP contribution in [0.15, 0.2) is 59.7 Å². The van der Waals surface area contributed by atoms with Gasteiger partial charge in [0.1, 0.15) is 17.0 Å². The molecule has 37 heavy (non-hydrogen) atoms. The van der Waals surface area contributed by atoms with Crippen molar-refractivity contribution in [3.63, 3.8) is 0 Å². The predicted octanol–water partition coefficient (Wildman–Crippen LogP) is 6.56. The number of aromatic nitrogens is 6. The Bertz CT molecular complexity index is 1740. The van der Waals surface area contributed by atoms with Crippen molar-refractivity contribution in [1.29, 1.82) is 0 Å². The van der Waals surface area contributed by atoms with Crippen LogP contribution >= 0.6 is 11.3 Å². The first-order chi connectivity index (χ1) is 18.1. The molecule has 3 N–H and O–H groups in total. The second-order valence-electron chi connectivity index (χ2n) is 8.72. The molecule has 0 aliphatic rings. The zero-order valence-corrected chi connectivity index (χ0v) is 20.7. The van der Waals surface area contributed by atoms with E-state index in [-0.39, 0.29) is 5.91 Å². The van der Waals surface area contributed by atoms with Crippen LogP contribution in [0.5, 0.6) is 0 Å². The molecule has 1 aromatic carbocycles. The first-order valence-corrected chi connectivity index (χ1v) is 12.9. The number of imidazole rings is 1. The zero-order valence-electron chi connectivity index (χ0n) is 19.9. The fraction of sp³-hybridized carbons (Fsp3) is 0.148. The number of nitrogens with zero attached hydrogens (tertiary/aromatic N) is 4. The first kappa shape index (κ1) is 23.0. The third-order valence-electron chi connectivity index (χ3n) is 6.16. The second-order valence-corrected chi connectivity index (χ2v) is 9.50. The summed E-state index contributed by atoms with van der Waals surface area (Å²) < 4.78 is 15.2. The van der Waals surface area contributed by atoms with Crippen LogP contribution in [0.3, 0.4) is 0 Å². The molecular formula is C27H22FN7OS. The summed E-state index contributed by atoms with van der Waals surface area (Å²) in [5, 5.41) is 14.9. The van der Waals surface area contributed by atoms with E-state index in [1.54, 1.807) is 42.1 Å². The van der Waals surface area contributed by atoms with E-state index in [0.29, 0.717) is 45.7 Å². The third-order valence-corrected chi connectivity index (χ3v) is 6.84. The number of carbonyl (C=O) groups excluding carboxylic acids is 1. The van der Waals surface area contributed by atoms with Crippen molar-refractivity contribution in [3.05, 3.63) is 65.5 Å². The van der Waals surface area contributed by atoms with Gasteiger partial charge in [-0.3, -0.25) is 19.9 Å². The minimum Gasteiger partial charge on any atom is -0.336 e. The molecule has 0 saturated heterocycles. The van der Waals surface area contributed by atoms with Gasteiger partial charge in [0.2, 0.25) is 5.91 Å². The number of amides is 1. The van der Waals surface area contributed by atoms with Gasteiger partial charge < -0.3 is 10.3 Å². The lowest BCUT2D eigenvalue weighted by Crippen LogP contribution is -2.11. The smallest absolute Gasteiger partial charge is 0.224 e. The fourth-order valence-electron chi connectivity index (χ4n) is 4.31. The summed E-state index contributed by atoms with van der Waals surface area (Å²) in [4.78, 5) is 29.0. The lowest BCUT2D eigenvalue weighted by Gasteiger charge is -2.08. The van der Waals surface area contributed by atoms with Gasteiger partial charge in [-0.2, -0.15) is 16.4 Å². The second kappa shape index (κ2) is 9.55. The van der Waals surface area contributed by atoms with Crippen molar-refractivity contribution in [2.75, 3.05) is 5.32 Å². The van der Waals surface area contributed by atoms with Crippen LogP contribution in [0, 0.1) is 5.82 Å². The van der Waals surface area contributed by atoms with Crippen LogP contribution in [0.4, 0.5) is 10.1 Å². The summed E-state index contributed by atoms with van der Waals surface area (Å²) in [6, 6.07) is 8.74. The van der Waals surface area contributed by atoms with E-state index in [1.165, 1.54) is 6.07 Å². The summed E-state index contributed by atoms with van der Waals surface area (Å²) in [5.74, 6) is 0.0425. The summed E-state index contributed by atoms with van der Waals surface area (Å²) in [5.41, 5.74) is 5.90. The summed E-state index contributed by atoms with van der Waals surface area (Å²) >= 11 is 1.60. The van der Waals surface area contributed by atoms with E-state index in [2.05, 4.69) is 30.5 Å². The van der Waals surface area contributed by atoms with Crippen molar-refractivity contribution in [1.82, 2.24) is 30.1 Å². The Kier molecular flexibility index (Phi) is 5.93. The van der Waals surface area contributed by atoms with E-state index in [9.17, 15) is 4.79 Å². The van der Waals surface area contributed by atoms with Gasteiger partial charge in [-0.25, -0.2) is 9.37 Å². The molecule has 5 aromatic heterocycles. The monoisotopic (exact) mass is 511 g/mol. The van der Waals surface area contributed by atoms with Crippen LogP contribution in [0.25, 0.3) is 55.8 Å². The number of thiophene rings is 1. The topological polar surface area (TPSA) is 112 Å². The largest absolute Gasteiger partial charge is 0.336 e.